The number of carboxylic acids is 1. The molecule has 5 heteroatoms. The molecule has 1 aromatic rings. The third kappa shape index (κ3) is 3.73. The molecule has 2 N–H and O–H groups in total. The van der Waals surface area contributed by atoms with E-state index >= 15 is 0 Å². The van der Waals surface area contributed by atoms with Crippen molar-refractivity contribution in [2.45, 2.75) is 18.6 Å². The molecule has 0 saturated carbocycles. The van der Waals surface area contributed by atoms with Gasteiger partial charge in [0.25, 0.3) is 0 Å². The van der Waals surface area contributed by atoms with Crippen LogP contribution in [0.4, 0.5) is 5.69 Å². The lowest BCUT2D eigenvalue weighted by atomic mass is 10.2. The molecule has 0 spiro atoms. The molecular weight excluding hydrogens is 224 g/mol. The molecule has 0 atom stereocenters. The summed E-state index contributed by atoms with van der Waals surface area (Å²) in [6, 6.07) is 3.23. The number of nitrogens with zero attached hydrogens (tertiary/aromatic N) is 1. The monoisotopic (exact) mass is 240 g/mol. The molecule has 4 nitrogen and oxygen atoms in total. The highest BCUT2D eigenvalue weighted by molar-refractivity contribution is 7.99. The molecule has 0 aliphatic heterocycles. The highest BCUT2D eigenvalue weighted by Gasteiger charge is 2.15. The molecule has 0 aliphatic rings. The summed E-state index contributed by atoms with van der Waals surface area (Å²) in [7, 11) is 0. The van der Waals surface area contributed by atoms with Gasteiger partial charge in [-0.25, -0.2) is 9.78 Å². The summed E-state index contributed by atoms with van der Waals surface area (Å²) in [6.45, 7) is 5.09. The maximum atomic E-state index is 10.6. The molecule has 1 aromatic heterocycles. The van der Waals surface area contributed by atoms with Crippen LogP contribution in [0.25, 0.3) is 0 Å². The molecular formula is C11H16N2O2S. The topological polar surface area (TPSA) is 62.2 Å². The van der Waals surface area contributed by atoms with Gasteiger partial charge in [0.05, 0.1) is 11.9 Å². The third-order valence-electron chi connectivity index (χ3n) is 2.25. The van der Waals surface area contributed by atoms with Crippen LogP contribution in [0.2, 0.25) is 0 Å². The summed E-state index contributed by atoms with van der Waals surface area (Å²) < 4.78 is 0.144. The number of carboxylic acid groups (broad SMARTS) is 1. The van der Waals surface area contributed by atoms with Gasteiger partial charge in [-0.15, -0.1) is 0 Å². The number of nitrogens with one attached hydrogen (secondary N) is 1. The number of aromatic carboxylic acids is 1. The first-order valence-electron chi connectivity index (χ1n) is 4.93. The minimum Gasteiger partial charge on any atom is -0.477 e. The van der Waals surface area contributed by atoms with Crippen molar-refractivity contribution in [3.63, 3.8) is 0 Å². The Bertz CT molecular complexity index is 363. The molecule has 0 aliphatic carbocycles. The highest BCUT2D eigenvalue weighted by Crippen LogP contribution is 2.21. The Morgan fingerprint density at radius 1 is 1.56 bits per heavy atom. The van der Waals surface area contributed by atoms with Gasteiger partial charge in [-0.3, -0.25) is 0 Å². The average molecular weight is 240 g/mol. The Morgan fingerprint density at radius 3 is 2.69 bits per heavy atom. The van der Waals surface area contributed by atoms with Gasteiger partial charge in [0.1, 0.15) is 5.69 Å². The summed E-state index contributed by atoms with van der Waals surface area (Å²) in [6.07, 6.45) is 3.60. The fourth-order valence-corrected chi connectivity index (χ4v) is 1.23. The van der Waals surface area contributed by atoms with Crippen molar-refractivity contribution in [1.82, 2.24) is 4.98 Å². The number of aromatic nitrogens is 1. The standard InChI is InChI=1S/C11H16N2O2S/c1-11(2,16-3)7-13-8-4-5-9(10(14)15)12-6-8/h4-6,13H,7H2,1-3H3,(H,14,15). The van der Waals surface area contributed by atoms with E-state index in [1.165, 1.54) is 6.07 Å². The fraction of sp³-hybridized carbons (Fsp3) is 0.455. The van der Waals surface area contributed by atoms with Crippen LogP contribution in [-0.4, -0.2) is 33.6 Å². The predicted octanol–water partition coefficient (Wildman–Crippen LogP) is 2.33. The fourth-order valence-electron chi connectivity index (χ4n) is 1.01. The van der Waals surface area contributed by atoms with Crippen molar-refractivity contribution in [3.05, 3.63) is 24.0 Å². The van der Waals surface area contributed by atoms with Crippen molar-refractivity contribution in [3.8, 4) is 0 Å². The van der Waals surface area contributed by atoms with Crippen LogP contribution in [-0.2, 0) is 0 Å². The van der Waals surface area contributed by atoms with Gasteiger partial charge >= 0.3 is 5.97 Å². The summed E-state index contributed by atoms with van der Waals surface area (Å²) >= 11 is 1.78. The molecule has 16 heavy (non-hydrogen) atoms. The molecule has 0 bridgehead atoms. The van der Waals surface area contributed by atoms with E-state index in [9.17, 15) is 4.79 Å². The van der Waals surface area contributed by atoms with Crippen LogP contribution in [0.5, 0.6) is 0 Å². The van der Waals surface area contributed by atoms with Gasteiger partial charge in [0, 0.05) is 11.3 Å². The Kier molecular flexibility index (Phi) is 4.18. The highest BCUT2D eigenvalue weighted by atomic mass is 32.2. The van der Waals surface area contributed by atoms with E-state index in [1.807, 2.05) is 0 Å². The Morgan fingerprint density at radius 2 is 2.25 bits per heavy atom. The lowest BCUT2D eigenvalue weighted by molar-refractivity contribution is 0.0690. The van der Waals surface area contributed by atoms with Gasteiger partial charge in [-0.2, -0.15) is 11.8 Å². The number of thioether (sulfide) groups is 1. The van der Waals surface area contributed by atoms with Gasteiger partial charge < -0.3 is 10.4 Å². The molecule has 0 unspecified atom stereocenters. The van der Waals surface area contributed by atoms with E-state index in [-0.39, 0.29) is 10.4 Å². The van der Waals surface area contributed by atoms with E-state index in [0.29, 0.717) is 0 Å². The molecule has 1 rings (SSSR count). The van der Waals surface area contributed by atoms with Crippen molar-refractivity contribution in [1.29, 1.82) is 0 Å². The first-order valence-corrected chi connectivity index (χ1v) is 6.15. The maximum Gasteiger partial charge on any atom is 0.354 e. The Hall–Kier alpha value is -1.23. The lowest BCUT2D eigenvalue weighted by Crippen LogP contribution is -2.25. The number of hydrogen-bond acceptors (Lipinski definition) is 4. The normalized spacial score (nSPS) is 11.2. The first kappa shape index (κ1) is 12.8. The van der Waals surface area contributed by atoms with E-state index in [4.69, 9.17) is 5.11 Å². The van der Waals surface area contributed by atoms with Crippen LogP contribution < -0.4 is 5.32 Å². The second-order valence-corrected chi connectivity index (χ2v) is 5.57. The van der Waals surface area contributed by atoms with E-state index in [0.717, 1.165) is 12.2 Å². The van der Waals surface area contributed by atoms with Crippen LogP contribution in [0.1, 0.15) is 24.3 Å². The van der Waals surface area contributed by atoms with Crippen molar-refractivity contribution in [2.75, 3.05) is 18.1 Å². The maximum absolute atomic E-state index is 10.6. The molecule has 1 heterocycles. The first-order chi connectivity index (χ1) is 7.44. The van der Waals surface area contributed by atoms with Crippen LogP contribution >= 0.6 is 11.8 Å². The Labute approximate surface area is 99.5 Å². The zero-order valence-corrected chi connectivity index (χ0v) is 10.5. The second-order valence-electron chi connectivity index (χ2n) is 4.05. The van der Waals surface area contributed by atoms with Crippen molar-refractivity contribution in [2.24, 2.45) is 0 Å². The average Bonchev–Trinajstić information content (AvgIpc) is 2.27. The van der Waals surface area contributed by atoms with Crippen molar-refractivity contribution >= 4 is 23.4 Å². The van der Waals surface area contributed by atoms with E-state index in [2.05, 4.69) is 30.4 Å². The van der Waals surface area contributed by atoms with Gasteiger partial charge in [-0.1, -0.05) is 0 Å². The molecule has 0 radical (unpaired) electrons. The van der Waals surface area contributed by atoms with E-state index in [1.54, 1.807) is 24.0 Å². The Balaban J connectivity index is 2.59. The summed E-state index contributed by atoms with van der Waals surface area (Å²) in [5.74, 6) is -1.00. The van der Waals surface area contributed by atoms with Crippen LogP contribution in [0, 0.1) is 0 Å². The lowest BCUT2D eigenvalue weighted by Gasteiger charge is -2.22. The zero-order valence-electron chi connectivity index (χ0n) is 9.65. The van der Waals surface area contributed by atoms with E-state index < -0.39 is 5.97 Å². The molecule has 0 aromatic carbocycles. The summed E-state index contributed by atoms with van der Waals surface area (Å²) in [5, 5.41) is 11.9. The minimum atomic E-state index is -1.00. The smallest absolute Gasteiger partial charge is 0.354 e. The van der Waals surface area contributed by atoms with Gasteiger partial charge in [-0.05, 0) is 32.2 Å². The molecule has 88 valence electrons. The van der Waals surface area contributed by atoms with Crippen LogP contribution in [0.3, 0.4) is 0 Å². The molecule has 0 fully saturated rings. The third-order valence-corrected chi connectivity index (χ3v) is 3.50. The number of rotatable bonds is 5. The van der Waals surface area contributed by atoms with Gasteiger partial charge in [0.15, 0.2) is 0 Å². The van der Waals surface area contributed by atoms with Crippen molar-refractivity contribution < 1.29 is 9.90 Å². The number of anilines is 1. The number of hydrogen-bond donors (Lipinski definition) is 2. The molecule has 0 amide bonds. The zero-order chi connectivity index (χ0) is 12.2. The number of pyridine rings is 1. The summed E-state index contributed by atoms with van der Waals surface area (Å²) in [4.78, 5) is 14.4. The number of carbonyl (C=O) groups is 1. The molecule has 0 saturated heterocycles. The van der Waals surface area contributed by atoms with Crippen LogP contribution in [0.15, 0.2) is 18.3 Å². The quantitative estimate of drug-likeness (QED) is 0.827. The van der Waals surface area contributed by atoms with Gasteiger partial charge in [0.2, 0.25) is 0 Å². The minimum absolute atomic E-state index is 0.0645. The largest absolute Gasteiger partial charge is 0.477 e. The second kappa shape index (κ2) is 5.21. The summed E-state index contributed by atoms with van der Waals surface area (Å²) in [5.41, 5.74) is 0.904. The SMILES string of the molecule is CSC(C)(C)CNc1ccc(C(=O)O)nc1. The predicted molar refractivity (Wildman–Crippen MR) is 67.3 cm³/mol.